The molecule has 1 aromatic heterocycles. The highest BCUT2D eigenvalue weighted by Gasteiger charge is 2.15. The second-order valence-electron chi connectivity index (χ2n) is 4.31. The van der Waals surface area contributed by atoms with Crippen molar-refractivity contribution in [1.29, 1.82) is 5.26 Å². The van der Waals surface area contributed by atoms with Crippen molar-refractivity contribution in [2.45, 2.75) is 6.92 Å². The normalized spacial score (nSPS) is 9.91. The standard InChI is InChI=1S/C12H8N6O5/c1-6(19)14-7-2-8(4-9(3-7)18(22)23)17-12(21)15-11(20)10(5-13)16-17/h2-4H,1H3,(H,14,19)(H,15,20,21). The minimum atomic E-state index is -0.983. The Kier molecular flexibility index (Phi) is 3.99. The number of carbonyl (C=O) groups excluding carboxylic acids is 1. The van der Waals surface area contributed by atoms with Gasteiger partial charge >= 0.3 is 5.69 Å². The molecule has 0 unspecified atom stereocenters. The number of nitrogens with one attached hydrogen (secondary N) is 2. The van der Waals surface area contributed by atoms with Gasteiger partial charge in [-0.1, -0.05) is 0 Å². The molecule has 0 bridgehead atoms. The average molecular weight is 316 g/mol. The van der Waals surface area contributed by atoms with Crippen LogP contribution in [0.25, 0.3) is 5.69 Å². The molecule has 0 aliphatic heterocycles. The smallest absolute Gasteiger partial charge is 0.326 e. The van der Waals surface area contributed by atoms with Crippen LogP contribution < -0.4 is 16.6 Å². The maximum atomic E-state index is 11.8. The zero-order chi connectivity index (χ0) is 17.1. The molecule has 23 heavy (non-hydrogen) atoms. The van der Waals surface area contributed by atoms with Crippen molar-refractivity contribution in [1.82, 2.24) is 14.8 Å². The number of hydrogen-bond donors (Lipinski definition) is 2. The zero-order valence-corrected chi connectivity index (χ0v) is 11.6. The lowest BCUT2D eigenvalue weighted by Crippen LogP contribution is -2.33. The van der Waals surface area contributed by atoms with Crippen LogP contribution in [0.5, 0.6) is 0 Å². The summed E-state index contributed by atoms with van der Waals surface area (Å²) in [4.78, 5) is 46.3. The maximum Gasteiger partial charge on any atom is 0.349 e. The van der Waals surface area contributed by atoms with Gasteiger partial charge in [0.1, 0.15) is 6.07 Å². The van der Waals surface area contributed by atoms with Gasteiger partial charge in [-0.05, 0) is 6.07 Å². The monoisotopic (exact) mass is 316 g/mol. The summed E-state index contributed by atoms with van der Waals surface area (Å²) in [6, 6.07) is 4.84. The van der Waals surface area contributed by atoms with Gasteiger partial charge in [-0.3, -0.25) is 24.7 Å². The van der Waals surface area contributed by atoms with Crippen LogP contribution in [0.3, 0.4) is 0 Å². The Morgan fingerprint density at radius 3 is 2.70 bits per heavy atom. The third-order valence-electron chi connectivity index (χ3n) is 2.61. The lowest BCUT2D eigenvalue weighted by molar-refractivity contribution is -0.384. The van der Waals surface area contributed by atoms with E-state index in [0.29, 0.717) is 4.68 Å². The van der Waals surface area contributed by atoms with Gasteiger partial charge in [-0.25, -0.2) is 4.79 Å². The fourth-order valence-corrected chi connectivity index (χ4v) is 1.75. The molecule has 0 saturated heterocycles. The van der Waals surface area contributed by atoms with E-state index in [9.17, 15) is 24.5 Å². The minimum Gasteiger partial charge on any atom is -0.326 e. The molecule has 11 heteroatoms. The largest absolute Gasteiger partial charge is 0.349 e. The van der Waals surface area contributed by atoms with E-state index in [-0.39, 0.29) is 11.4 Å². The summed E-state index contributed by atoms with van der Waals surface area (Å²) in [6.07, 6.45) is 0. The van der Waals surface area contributed by atoms with Crippen molar-refractivity contribution in [2.24, 2.45) is 0 Å². The summed E-state index contributed by atoms with van der Waals surface area (Å²) in [7, 11) is 0. The molecule has 11 nitrogen and oxygen atoms in total. The SMILES string of the molecule is CC(=O)Nc1cc(-n2nc(C#N)c(=O)[nH]c2=O)cc([N+](=O)[O-])c1. The molecule has 2 N–H and O–H groups in total. The van der Waals surface area contributed by atoms with Crippen LogP contribution in [0, 0.1) is 21.4 Å². The van der Waals surface area contributed by atoms with E-state index in [2.05, 4.69) is 10.4 Å². The van der Waals surface area contributed by atoms with E-state index < -0.39 is 33.5 Å². The van der Waals surface area contributed by atoms with Crippen molar-refractivity contribution in [3.8, 4) is 11.8 Å². The van der Waals surface area contributed by atoms with Gasteiger partial charge in [0.05, 0.1) is 10.6 Å². The Morgan fingerprint density at radius 2 is 2.13 bits per heavy atom. The molecule has 0 saturated carbocycles. The summed E-state index contributed by atoms with van der Waals surface area (Å²) in [5.41, 5.74) is -2.99. The highest BCUT2D eigenvalue weighted by molar-refractivity contribution is 5.89. The number of aromatic amines is 1. The number of non-ortho nitro benzene ring substituents is 1. The first-order valence-electron chi connectivity index (χ1n) is 6.03. The summed E-state index contributed by atoms with van der Waals surface area (Å²) in [6.45, 7) is 1.21. The van der Waals surface area contributed by atoms with Crippen molar-refractivity contribution in [2.75, 3.05) is 5.32 Å². The zero-order valence-electron chi connectivity index (χ0n) is 11.6. The topological polar surface area (TPSA) is 164 Å². The van der Waals surface area contributed by atoms with Crippen molar-refractivity contribution in [3.63, 3.8) is 0 Å². The van der Waals surface area contributed by atoms with Gasteiger partial charge in [0.2, 0.25) is 11.6 Å². The number of benzene rings is 1. The van der Waals surface area contributed by atoms with E-state index in [1.165, 1.54) is 19.1 Å². The van der Waals surface area contributed by atoms with Crippen LogP contribution in [0.1, 0.15) is 12.6 Å². The van der Waals surface area contributed by atoms with E-state index in [4.69, 9.17) is 5.26 Å². The van der Waals surface area contributed by atoms with Crippen LogP contribution in [-0.4, -0.2) is 25.6 Å². The lowest BCUT2D eigenvalue weighted by Gasteiger charge is -2.07. The predicted molar refractivity (Wildman–Crippen MR) is 76.1 cm³/mol. The molecule has 2 rings (SSSR count). The number of anilines is 1. The number of nitriles is 1. The molecule has 0 aliphatic rings. The molecule has 1 heterocycles. The molecular formula is C12H8N6O5. The number of amides is 1. The summed E-state index contributed by atoms with van der Waals surface area (Å²) in [5, 5.41) is 25.6. The van der Waals surface area contributed by atoms with Gasteiger partial charge < -0.3 is 5.32 Å². The first-order valence-corrected chi connectivity index (χ1v) is 6.03. The Balaban J connectivity index is 2.72. The molecule has 2 aromatic rings. The summed E-state index contributed by atoms with van der Waals surface area (Å²) >= 11 is 0. The molecule has 1 aromatic carbocycles. The number of nitro benzene ring substituents is 1. The minimum absolute atomic E-state index is 0.0557. The quantitative estimate of drug-likeness (QED) is 0.577. The predicted octanol–water partition coefficient (Wildman–Crippen LogP) is -0.341. The van der Waals surface area contributed by atoms with Gasteiger partial charge in [0.15, 0.2) is 0 Å². The number of aromatic nitrogens is 3. The van der Waals surface area contributed by atoms with Gasteiger partial charge in [0, 0.05) is 24.7 Å². The second kappa shape index (κ2) is 5.90. The van der Waals surface area contributed by atoms with E-state index in [1.807, 2.05) is 4.98 Å². The van der Waals surface area contributed by atoms with Crippen LogP contribution >= 0.6 is 0 Å². The van der Waals surface area contributed by atoms with E-state index >= 15 is 0 Å². The number of H-pyrrole nitrogens is 1. The third kappa shape index (κ3) is 3.27. The molecule has 0 atom stereocenters. The summed E-state index contributed by atoms with van der Waals surface area (Å²) in [5.74, 6) is -0.476. The fourth-order valence-electron chi connectivity index (χ4n) is 1.75. The van der Waals surface area contributed by atoms with Crippen LogP contribution in [0.2, 0.25) is 0 Å². The Bertz CT molecular complexity index is 967. The van der Waals surface area contributed by atoms with Crippen LogP contribution in [0.15, 0.2) is 27.8 Å². The van der Waals surface area contributed by atoms with Crippen LogP contribution in [0.4, 0.5) is 11.4 Å². The average Bonchev–Trinajstić information content (AvgIpc) is 2.46. The molecule has 116 valence electrons. The van der Waals surface area contributed by atoms with Gasteiger partial charge in [-0.2, -0.15) is 9.94 Å². The van der Waals surface area contributed by atoms with E-state index in [1.54, 1.807) is 0 Å². The molecular weight excluding hydrogens is 308 g/mol. The van der Waals surface area contributed by atoms with Crippen molar-refractivity contribution in [3.05, 3.63) is 54.8 Å². The highest BCUT2D eigenvalue weighted by atomic mass is 16.6. The van der Waals surface area contributed by atoms with Gasteiger partial charge in [-0.15, -0.1) is 5.10 Å². The maximum absolute atomic E-state index is 11.8. The molecule has 0 aliphatic carbocycles. The Labute approximate surface area is 127 Å². The molecule has 0 fully saturated rings. The fraction of sp³-hybridized carbons (Fsp3) is 0.0833. The van der Waals surface area contributed by atoms with Crippen molar-refractivity contribution >= 4 is 17.3 Å². The first-order chi connectivity index (χ1) is 10.8. The molecule has 0 spiro atoms. The summed E-state index contributed by atoms with van der Waals surface area (Å²) < 4.78 is 0.623. The number of nitro groups is 1. The number of hydrogen-bond acceptors (Lipinski definition) is 7. The number of carbonyl (C=O) groups is 1. The van der Waals surface area contributed by atoms with Crippen molar-refractivity contribution < 1.29 is 9.72 Å². The third-order valence-corrected chi connectivity index (χ3v) is 2.61. The second-order valence-corrected chi connectivity index (χ2v) is 4.31. The Morgan fingerprint density at radius 1 is 1.43 bits per heavy atom. The number of rotatable bonds is 3. The molecule has 1 amide bonds. The highest BCUT2D eigenvalue weighted by Crippen LogP contribution is 2.22. The number of nitrogens with zero attached hydrogens (tertiary/aromatic N) is 4. The lowest BCUT2D eigenvalue weighted by atomic mass is 10.2. The van der Waals surface area contributed by atoms with Gasteiger partial charge in [0.25, 0.3) is 11.2 Å². The Hall–Kier alpha value is -3.81. The molecule has 0 radical (unpaired) electrons. The van der Waals surface area contributed by atoms with E-state index in [0.717, 1.165) is 12.1 Å². The first kappa shape index (κ1) is 15.6. The van der Waals surface area contributed by atoms with Crippen LogP contribution in [-0.2, 0) is 4.79 Å².